The van der Waals surface area contributed by atoms with Gasteiger partial charge in [-0.15, -0.1) is 9.24 Å². The number of aryl methyl sites for hydroxylation is 1. The molecule has 0 amide bonds. The summed E-state index contributed by atoms with van der Waals surface area (Å²) in [5, 5.41) is 1.05. The molecule has 0 aromatic heterocycles. The molecule has 3 rings (SSSR count). The zero-order valence-corrected chi connectivity index (χ0v) is 15.1. The minimum Gasteiger partial charge on any atom is -0.321 e. The maximum Gasteiger partial charge on any atom is 0.276 e. The lowest BCUT2D eigenvalue weighted by atomic mass is 9.95. The number of nitrogens with zero attached hydrogens (tertiary/aromatic N) is 1. The number of halogens is 2. The van der Waals surface area contributed by atoms with E-state index in [9.17, 15) is 8.78 Å². The van der Waals surface area contributed by atoms with Crippen LogP contribution in [0.4, 0.5) is 8.78 Å². The van der Waals surface area contributed by atoms with Gasteiger partial charge in [0.2, 0.25) is 0 Å². The Morgan fingerprint density at radius 3 is 2.58 bits per heavy atom. The quantitative estimate of drug-likeness (QED) is 0.864. The predicted octanol–water partition coefficient (Wildman–Crippen LogP) is 2.98. The molecule has 2 N–H and O–H groups in total. The van der Waals surface area contributed by atoms with Crippen molar-refractivity contribution < 1.29 is 8.78 Å². The van der Waals surface area contributed by atoms with Crippen molar-refractivity contribution >= 4 is 14.5 Å². The second-order valence-electron chi connectivity index (χ2n) is 6.72. The largest absolute Gasteiger partial charge is 0.321 e. The first-order valence-corrected chi connectivity index (χ1v) is 8.65. The van der Waals surface area contributed by atoms with Gasteiger partial charge in [-0.25, -0.2) is 8.78 Å². The molecule has 3 atom stereocenters. The van der Waals surface area contributed by atoms with Gasteiger partial charge in [-0.2, -0.15) is 0 Å². The molecule has 1 heterocycles. The number of rotatable bonds is 3. The molecule has 3 unspecified atom stereocenters. The standard InChI is InChI=1S/C19H23F2N2P/c1-12-5-3-6-13(9-12)15-8-4-7-14(17(15)24)10-16-18(22)19(20,21)11-23(16)2/h3-9,16,18H,10-11,22,24H2,1-2H3. The highest BCUT2D eigenvalue weighted by Gasteiger charge is 2.50. The molecule has 2 aromatic rings. The van der Waals surface area contributed by atoms with Crippen molar-refractivity contribution in [2.75, 3.05) is 13.6 Å². The summed E-state index contributed by atoms with van der Waals surface area (Å²) in [6.07, 6.45) is 0.520. The first-order chi connectivity index (χ1) is 11.3. The number of nitrogens with two attached hydrogens (primary N) is 1. The van der Waals surface area contributed by atoms with Crippen molar-refractivity contribution in [3.8, 4) is 11.1 Å². The maximum absolute atomic E-state index is 13.9. The highest BCUT2D eigenvalue weighted by atomic mass is 31.0. The summed E-state index contributed by atoms with van der Waals surface area (Å²) in [6, 6.07) is 12.9. The van der Waals surface area contributed by atoms with Crippen LogP contribution in [0.15, 0.2) is 42.5 Å². The summed E-state index contributed by atoms with van der Waals surface area (Å²) >= 11 is 0. The van der Waals surface area contributed by atoms with Gasteiger partial charge in [0.25, 0.3) is 5.92 Å². The molecule has 128 valence electrons. The van der Waals surface area contributed by atoms with Crippen molar-refractivity contribution in [2.45, 2.75) is 31.4 Å². The lowest BCUT2D eigenvalue weighted by Crippen LogP contribution is -2.46. The van der Waals surface area contributed by atoms with Gasteiger partial charge < -0.3 is 5.73 Å². The third-order valence-electron chi connectivity index (χ3n) is 4.88. The van der Waals surface area contributed by atoms with Gasteiger partial charge in [0.05, 0.1) is 12.6 Å². The molecule has 0 radical (unpaired) electrons. The smallest absolute Gasteiger partial charge is 0.276 e. The van der Waals surface area contributed by atoms with Gasteiger partial charge in [-0.3, -0.25) is 4.90 Å². The van der Waals surface area contributed by atoms with E-state index in [4.69, 9.17) is 5.73 Å². The van der Waals surface area contributed by atoms with Crippen molar-refractivity contribution in [2.24, 2.45) is 5.73 Å². The molecule has 0 spiro atoms. The number of alkyl halides is 2. The Morgan fingerprint density at radius 2 is 1.96 bits per heavy atom. The topological polar surface area (TPSA) is 29.3 Å². The fourth-order valence-electron chi connectivity index (χ4n) is 3.47. The Kier molecular flexibility index (Phi) is 4.74. The van der Waals surface area contributed by atoms with Crippen LogP contribution in [0.3, 0.4) is 0 Å². The summed E-state index contributed by atoms with van der Waals surface area (Å²) in [4.78, 5) is 1.67. The van der Waals surface area contributed by atoms with E-state index in [0.717, 1.165) is 22.0 Å². The van der Waals surface area contributed by atoms with E-state index in [1.165, 1.54) is 5.56 Å². The van der Waals surface area contributed by atoms with Crippen LogP contribution in [-0.4, -0.2) is 36.5 Å². The van der Waals surface area contributed by atoms with E-state index < -0.39 is 12.0 Å². The number of likely N-dealkylation sites (tertiary alicyclic amines) is 1. The zero-order valence-electron chi connectivity index (χ0n) is 14.0. The van der Waals surface area contributed by atoms with Crippen molar-refractivity contribution in [3.05, 3.63) is 53.6 Å². The molecule has 1 aliphatic rings. The molecule has 2 nitrogen and oxygen atoms in total. The monoisotopic (exact) mass is 348 g/mol. The first kappa shape index (κ1) is 17.5. The van der Waals surface area contributed by atoms with Crippen LogP contribution < -0.4 is 11.0 Å². The van der Waals surface area contributed by atoms with Crippen molar-refractivity contribution in [1.82, 2.24) is 4.90 Å². The van der Waals surface area contributed by atoms with Crippen molar-refractivity contribution in [3.63, 3.8) is 0 Å². The molecule has 0 bridgehead atoms. The Hall–Kier alpha value is -1.35. The predicted molar refractivity (Wildman–Crippen MR) is 99.0 cm³/mol. The molecule has 24 heavy (non-hydrogen) atoms. The number of likely N-dealkylation sites (N-methyl/N-ethyl adjacent to an activating group) is 1. The third kappa shape index (κ3) is 3.23. The highest BCUT2D eigenvalue weighted by molar-refractivity contribution is 7.28. The fourth-order valence-corrected chi connectivity index (χ4v) is 3.95. The zero-order chi connectivity index (χ0) is 17.5. The average molecular weight is 348 g/mol. The van der Waals surface area contributed by atoms with Crippen LogP contribution >= 0.6 is 9.24 Å². The van der Waals surface area contributed by atoms with Crippen LogP contribution in [0.25, 0.3) is 11.1 Å². The summed E-state index contributed by atoms with van der Waals surface area (Å²) < 4.78 is 27.7. The van der Waals surface area contributed by atoms with Gasteiger partial charge in [-0.05, 0) is 42.4 Å². The molecular weight excluding hydrogens is 325 g/mol. The van der Waals surface area contributed by atoms with Crippen LogP contribution in [0.5, 0.6) is 0 Å². The molecule has 1 saturated heterocycles. The second-order valence-corrected chi connectivity index (χ2v) is 7.30. The van der Waals surface area contributed by atoms with Crippen molar-refractivity contribution in [1.29, 1.82) is 0 Å². The van der Waals surface area contributed by atoms with Crippen LogP contribution in [0, 0.1) is 6.92 Å². The van der Waals surface area contributed by atoms with E-state index >= 15 is 0 Å². The molecule has 0 saturated carbocycles. The number of benzene rings is 2. The average Bonchev–Trinajstić information content (AvgIpc) is 2.71. The Morgan fingerprint density at radius 1 is 1.25 bits per heavy atom. The van der Waals surface area contributed by atoms with Gasteiger partial charge in [0.15, 0.2) is 0 Å². The normalized spacial score (nSPS) is 23.6. The molecular formula is C19H23F2N2P. The molecule has 1 aliphatic heterocycles. The highest BCUT2D eigenvalue weighted by Crippen LogP contribution is 2.32. The number of hydrogen-bond donors (Lipinski definition) is 1. The summed E-state index contributed by atoms with van der Waals surface area (Å²) in [5.74, 6) is -2.82. The summed E-state index contributed by atoms with van der Waals surface area (Å²) in [6.45, 7) is 1.78. The molecule has 0 aliphatic carbocycles. The maximum atomic E-state index is 13.9. The minimum absolute atomic E-state index is 0.275. The van der Waals surface area contributed by atoms with Crippen LogP contribution in [0.1, 0.15) is 11.1 Å². The molecule has 1 fully saturated rings. The third-order valence-corrected chi connectivity index (χ3v) is 5.56. The van der Waals surface area contributed by atoms with E-state index in [2.05, 4.69) is 40.4 Å². The van der Waals surface area contributed by atoms with Crippen LogP contribution in [-0.2, 0) is 6.42 Å². The first-order valence-electron chi connectivity index (χ1n) is 8.07. The lowest BCUT2D eigenvalue weighted by Gasteiger charge is -2.24. The lowest BCUT2D eigenvalue weighted by molar-refractivity contribution is -0.000418. The Labute approximate surface area is 144 Å². The van der Waals surface area contributed by atoms with E-state index in [1.807, 2.05) is 18.2 Å². The molecule has 2 aromatic carbocycles. The number of hydrogen-bond acceptors (Lipinski definition) is 2. The van der Waals surface area contributed by atoms with Crippen LogP contribution in [0.2, 0.25) is 0 Å². The Bertz CT molecular complexity index is 748. The van der Waals surface area contributed by atoms with Gasteiger partial charge in [0.1, 0.15) is 0 Å². The minimum atomic E-state index is -2.82. The SMILES string of the molecule is Cc1cccc(-c2cccc(CC3C(N)C(F)(F)CN3C)c2P)c1. The second kappa shape index (κ2) is 6.51. The fraction of sp³-hybridized carbons (Fsp3) is 0.368. The van der Waals surface area contributed by atoms with E-state index in [-0.39, 0.29) is 12.6 Å². The van der Waals surface area contributed by atoms with Gasteiger partial charge in [-0.1, -0.05) is 48.0 Å². The molecule has 5 heteroatoms. The summed E-state index contributed by atoms with van der Waals surface area (Å²) in [5.41, 5.74) is 10.3. The van der Waals surface area contributed by atoms with Gasteiger partial charge in [0, 0.05) is 6.04 Å². The van der Waals surface area contributed by atoms with E-state index in [0.29, 0.717) is 6.42 Å². The van der Waals surface area contributed by atoms with E-state index in [1.54, 1.807) is 11.9 Å². The Balaban J connectivity index is 1.92. The van der Waals surface area contributed by atoms with Gasteiger partial charge >= 0.3 is 0 Å². The summed E-state index contributed by atoms with van der Waals surface area (Å²) in [7, 11) is 4.50.